The van der Waals surface area contributed by atoms with Gasteiger partial charge in [-0.05, 0) is 58.0 Å². The van der Waals surface area contributed by atoms with Gasteiger partial charge in [-0.3, -0.25) is 9.59 Å². The van der Waals surface area contributed by atoms with Crippen molar-refractivity contribution in [3.8, 4) is 0 Å². The van der Waals surface area contributed by atoms with Gasteiger partial charge >= 0.3 is 5.97 Å². The molecule has 4 heteroatoms. The van der Waals surface area contributed by atoms with Crippen molar-refractivity contribution in [3.05, 3.63) is 76.3 Å². The van der Waals surface area contributed by atoms with Gasteiger partial charge in [0.05, 0.1) is 13.0 Å². The Labute approximate surface area is 177 Å². The molecule has 1 heterocycles. The molecule has 0 aromatic heterocycles. The molecular formula is C26H27NO3. The van der Waals surface area contributed by atoms with Gasteiger partial charge in [-0.15, -0.1) is 0 Å². The topological polar surface area (TPSA) is 57.6 Å². The number of hydrogen-bond donors (Lipinski definition) is 1. The molecule has 1 amide bonds. The van der Waals surface area contributed by atoms with Crippen LogP contribution < -0.4 is 4.90 Å². The molecule has 154 valence electrons. The average molecular weight is 402 g/mol. The molecule has 1 aliphatic heterocycles. The predicted molar refractivity (Wildman–Crippen MR) is 120 cm³/mol. The summed E-state index contributed by atoms with van der Waals surface area (Å²) in [5.74, 6) is -0.796. The van der Waals surface area contributed by atoms with Gasteiger partial charge in [0.15, 0.2) is 0 Å². The lowest BCUT2D eigenvalue weighted by Crippen LogP contribution is -2.23. The van der Waals surface area contributed by atoms with Crippen molar-refractivity contribution >= 4 is 28.3 Å². The van der Waals surface area contributed by atoms with Crippen LogP contribution in [0.2, 0.25) is 0 Å². The summed E-state index contributed by atoms with van der Waals surface area (Å²) in [6, 6.07) is 15.8. The number of aryl methyl sites for hydroxylation is 2. The first kappa shape index (κ1) is 20.1. The minimum atomic E-state index is -0.854. The predicted octanol–water partition coefficient (Wildman–Crippen LogP) is 5.53. The van der Waals surface area contributed by atoms with Gasteiger partial charge in [-0.2, -0.15) is 0 Å². The molecule has 30 heavy (non-hydrogen) atoms. The Morgan fingerprint density at radius 1 is 0.933 bits per heavy atom. The zero-order valence-electron chi connectivity index (χ0n) is 17.6. The maximum atomic E-state index is 13.6. The third kappa shape index (κ3) is 3.47. The minimum Gasteiger partial charge on any atom is -0.481 e. The largest absolute Gasteiger partial charge is 0.481 e. The molecule has 0 aliphatic carbocycles. The fraction of sp³-hybridized carbons (Fsp3) is 0.308. The highest BCUT2D eigenvalue weighted by atomic mass is 16.4. The Bertz CT molecular complexity index is 1120. The zero-order chi connectivity index (χ0) is 21.3. The number of anilines is 1. The van der Waals surface area contributed by atoms with Crippen LogP contribution >= 0.6 is 0 Å². The van der Waals surface area contributed by atoms with Gasteiger partial charge in [0.2, 0.25) is 0 Å². The second kappa shape index (κ2) is 8.31. The van der Waals surface area contributed by atoms with E-state index in [1.165, 1.54) is 21.9 Å². The SMILES string of the molecule is CCCc1c2c(c(CCC)c3ccccc13)C(=O)N(c1ccc(CC(=O)O)cc1)C2. The molecule has 0 fully saturated rings. The van der Waals surface area contributed by atoms with Gasteiger partial charge in [0, 0.05) is 11.3 Å². The van der Waals surface area contributed by atoms with E-state index in [4.69, 9.17) is 5.11 Å². The van der Waals surface area contributed by atoms with Crippen molar-refractivity contribution in [1.29, 1.82) is 0 Å². The quantitative estimate of drug-likeness (QED) is 0.566. The Hall–Kier alpha value is -3.14. The van der Waals surface area contributed by atoms with Crippen molar-refractivity contribution in [1.82, 2.24) is 0 Å². The van der Waals surface area contributed by atoms with Crippen molar-refractivity contribution in [3.63, 3.8) is 0 Å². The summed E-state index contributed by atoms with van der Waals surface area (Å²) >= 11 is 0. The fourth-order valence-corrected chi connectivity index (χ4v) is 4.66. The van der Waals surface area contributed by atoms with Gasteiger partial charge < -0.3 is 10.0 Å². The molecule has 0 unspecified atom stereocenters. The summed E-state index contributed by atoms with van der Waals surface area (Å²) in [7, 11) is 0. The number of carbonyl (C=O) groups excluding carboxylic acids is 1. The first-order valence-electron chi connectivity index (χ1n) is 10.7. The van der Waals surface area contributed by atoms with Gasteiger partial charge in [-0.25, -0.2) is 0 Å². The van der Waals surface area contributed by atoms with E-state index < -0.39 is 5.97 Å². The number of benzene rings is 3. The van der Waals surface area contributed by atoms with Crippen LogP contribution in [0.15, 0.2) is 48.5 Å². The van der Waals surface area contributed by atoms with Crippen LogP contribution in [0.1, 0.15) is 59.3 Å². The lowest BCUT2D eigenvalue weighted by molar-refractivity contribution is -0.136. The van der Waals surface area contributed by atoms with E-state index in [9.17, 15) is 9.59 Å². The van der Waals surface area contributed by atoms with Gasteiger partial charge in [0.25, 0.3) is 5.91 Å². The highest BCUT2D eigenvalue weighted by Gasteiger charge is 2.34. The van der Waals surface area contributed by atoms with Gasteiger partial charge in [-0.1, -0.05) is 63.1 Å². The number of rotatable bonds is 7. The Kier molecular flexibility index (Phi) is 5.58. The van der Waals surface area contributed by atoms with Crippen LogP contribution in [0.5, 0.6) is 0 Å². The zero-order valence-corrected chi connectivity index (χ0v) is 17.6. The molecule has 0 spiro atoms. The Balaban J connectivity index is 1.83. The summed E-state index contributed by atoms with van der Waals surface area (Å²) in [6.07, 6.45) is 3.84. The molecule has 0 saturated carbocycles. The highest BCUT2D eigenvalue weighted by Crippen LogP contribution is 2.39. The smallest absolute Gasteiger partial charge is 0.307 e. The highest BCUT2D eigenvalue weighted by molar-refractivity contribution is 6.14. The lowest BCUT2D eigenvalue weighted by Gasteiger charge is -2.16. The van der Waals surface area contributed by atoms with Crippen LogP contribution in [-0.2, 0) is 30.6 Å². The van der Waals surface area contributed by atoms with E-state index in [2.05, 4.69) is 38.1 Å². The number of nitrogens with zero attached hydrogens (tertiary/aromatic N) is 1. The van der Waals surface area contributed by atoms with E-state index in [1.54, 1.807) is 12.1 Å². The maximum Gasteiger partial charge on any atom is 0.307 e. The summed E-state index contributed by atoms with van der Waals surface area (Å²) in [6.45, 7) is 4.90. The molecule has 0 saturated heterocycles. The third-order valence-electron chi connectivity index (χ3n) is 5.92. The third-order valence-corrected chi connectivity index (χ3v) is 5.92. The standard InChI is InChI=1S/C26H27NO3/c1-3-7-19-20-9-5-6-10-21(20)22(8-4-2)25-23(19)16-27(26(25)30)18-13-11-17(12-14-18)15-24(28)29/h5-6,9-14H,3-4,7-8,15-16H2,1-2H3,(H,28,29). The van der Waals surface area contributed by atoms with Crippen molar-refractivity contribution in [2.45, 2.75) is 52.5 Å². The number of carbonyl (C=O) groups is 2. The Morgan fingerprint density at radius 2 is 1.53 bits per heavy atom. The summed E-state index contributed by atoms with van der Waals surface area (Å²) in [4.78, 5) is 26.4. The van der Waals surface area contributed by atoms with Crippen LogP contribution in [0.25, 0.3) is 10.8 Å². The van der Waals surface area contributed by atoms with E-state index in [1.807, 2.05) is 17.0 Å². The summed E-state index contributed by atoms with van der Waals surface area (Å²) < 4.78 is 0. The number of amides is 1. The van der Waals surface area contributed by atoms with E-state index >= 15 is 0 Å². The van der Waals surface area contributed by atoms with E-state index in [0.717, 1.165) is 48.1 Å². The minimum absolute atomic E-state index is 0.0128. The first-order chi connectivity index (χ1) is 14.5. The number of carboxylic acid groups (broad SMARTS) is 1. The molecule has 1 aliphatic rings. The van der Waals surface area contributed by atoms with Crippen LogP contribution in [0.4, 0.5) is 5.69 Å². The second-order valence-corrected chi connectivity index (χ2v) is 7.98. The van der Waals surface area contributed by atoms with E-state index in [0.29, 0.717) is 6.54 Å². The number of aliphatic carboxylic acids is 1. The van der Waals surface area contributed by atoms with Crippen LogP contribution in [0, 0.1) is 0 Å². The fourth-order valence-electron chi connectivity index (χ4n) is 4.66. The molecule has 1 N–H and O–H groups in total. The second-order valence-electron chi connectivity index (χ2n) is 7.98. The van der Waals surface area contributed by atoms with Crippen molar-refractivity contribution in [2.24, 2.45) is 0 Å². The summed E-state index contributed by atoms with van der Waals surface area (Å²) in [5.41, 5.74) is 6.06. The van der Waals surface area contributed by atoms with Crippen molar-refractivity contribution in [2.75, 3.05) is 4.90 Å². The molecular weight excluding hydrogens is 374 g/mol. The van der Waals surface area contributed by atoms with Crippen LogP contribution in [0.3, 0.4) is 0 Å². The van der Waals surface area contributed by atoms with E-state index in [-0.39, 0.29) is 12.3 Å². The normalized spacial score (nSPS) is 13.1. The molecule has 0 atom stereocenters. The molecule has 3 aromatic carbocycles. The lowest BCUT2D eigenvalue weighted by atomic mass is 9.87. The maximum absolute atomic E-state index is 13.6. The van der Waals surface area contributed by atoms with Crippen LogP contribution in [-0.4, -0.2) is 17.0 Å². The monoisotopic (exact) mass is 401 g/mol. The number of fused-ring (bicyclic) bond motifs is 2. The molecule has 0 bridgehead atoms. The molecule has 4 rings (SSSR count). The van der Waals surface area contributed by atoms with Crippen molar-refractivity contribution < 1.29 is 14.7 Å². The van der Waals surface area contributed by atoms with Gasteiger partial charge in [0.1, 0.15) is 0 Å². The first-order valence-corrected chi connectivity index (χ1v) is 10.7. The average Bonchev–Trinajstić information content (AvgIpc) is 3.08. The number of carboxylic acids is 1. The number of hydrogen-bond acceptors (Lipinski definition) is 2. The Morgan fingerprint density at radius 3 is 2.13 bits per heavy atom. The molecule has 4 nitrogen and oxygen atoms in total. The summed E-state index contributed by atoms with van der Waals surface area (Å²) in [5, 5.41) is 11.5. The molecule has 3 aromatic rings. The molecule has 0 radical (unpaired) electrons.